The minimum atomic E-state index is -5.68. The molecule has 1 fully saturated rings. The van der Waals surface area contributed by atoms with E-state index in [2.05, 4.69) is 5.32 Å². The summed E-state index contributed by atoms with van der Waals surface area (Å²) < 4.78 is 156. The van der Waals surface area contributed by atoms with Gasteiger partial charge in [-0.25, -0.2) is 0 Å². The Kier molecular flexibility index (Phi) is 13.2. The van der Waals surface area contributed by atoms with Gasteiger partial charge in [0.25, 0.3) is 15.7 Å². The predicted molar refractivity (Wildman–Crippen MR) is 139 cm³/mol. The van der Waals surface area contributed by atoms with Crippen molar-refractivity contribution in [2.24, 2.45) is 5.92 Å². The quantitative estimate of drug-likeness (QED) is 0.152. The molecule has 1 aromatic rings. The van der Waals surface area contributed by atoms with Crippen molar-refractivity contribution in [2.45, 2.75) is 107 Å². The Morgan fingerprint density at radius 1 is 0.878 bits per heavy atom. The molecule has 1 saturated carbocycles. The van der Waals surface area contributed by atoms with E-state index < -0.39 is 79.2 Å². The molecule has 1 aliphatic rings. The van der Waals surface area contributed by atoms with E-state index in [1.165, 1.54) is 27.7 Å². The zero-order valence-corrected chi connectivity index (χ0v) is 25.1. The van der Waals surface area contributed by atoms with Crippen molar-refractivity contribution < 1.29 is 56.9 Å². The molecule has 0 spiro atoms. The molecular weight excluding hydrogens is 609 g/mol. The molecule has 0 aromatic heterocycles. The van der Waals surface area contributed by atoms with Gasteiger partial charge in [0, 0.05) is 12.0 Å². The van der Waals surface area contributed by atoms with E-state index >= 15 is 0 Å². The van der Waals surface area contributed by atoms with Gasteiger partial charge in [0.2, 0.25) is 0 Å². The largest absolute Gasteiger partial charge is 0.425 e. The Morgan fingerprint density at radius 3 is 1.66 bits per heavy atom. The fourth-order valence-corrected chi connectivity index (χ4v) is 8.51. The minimum Gasteiger partial charge on any atom is -0.396 e. The summed E-state index contributed by atoms with van der Waals surface area (Å²) in [7, 11) is -7.27. The molecule has 0 bridgehead atoms. The highest BCUT2D eigenvalue weighted by atomic mass is 32.2. The van der Waals surface area contributed by atoms with Crippen molar-refractivity contribution in [3.63, 3.8) is 0 Å². The summed E-state index contributed by atoms with van der Waals surface area (Å²) in [4.78, 5) is 0. The van der Waals surface area contributed by atoms with Crippen molar-refractivity contribution in [3.05, 3.63) is 35.9 Å². The molecule has 0 heterocycles. The highest BCUT2D eigenvalue weighted by molar-refractivity contribution is 7.86. The van der Waals surface area contributed by atoms with E-state index in [0.717, 1.165) is 0 Å². The van der Waals surface area contributed by atoms with Crippen LogP contribution in [0.2, 0.25) is 18.1 Å². The van der Waals surface area contributed by atoms with Gasteiger partial charge < -0.3 is 9.74 Å². The van der Waals surface area contributed by atoms with Crippen molar-refractivity contribution in [2.75, 3.05) is 6.54 Å². The molecule has 0 amide bonds. The second-order valence-electron chi connectivity index (χ2n) is 10.2. The normalized spacial score (nSPS) is 20.2. The maximum atomic E-state index is 14.0. The third kappa shape index (κ3) is 10.1. The maximum Gasteiger partial charge on any atom is 0.425 e. The molecule has 2 N–H and O–H groups in total. The topological polar surface area (TPSA) is 75.6 Å². The van der Waals surface area contributed by atoms with Crippen molar-refractivity contribution in [1.29, 1.82) is 0 Å². The second-order valence-corrected chi connectivity index (χ2v) is 16.6. The Labute approximate surface area is 236 Å². The lowest BCUT2D eigenvalue weighted by Crippen LogP contribution is -2.68. The molecule has 1 aromatic carbocycles. The van der Waals surface area contributed by atoms with Crippen LogP contribution >= 0.6 is 0 Å². The highest BCUT2D eigenvalue weighted by Crippen LogP contribution is 2.56. The number of halogens is 9. The lowest BCUT2D eigenvalue weighted by molar-refractivity contribution is -0.380. The lowest BCUT2D eigenvalue weighted by atomic mass is 9.74. The summed E-state index contributed by atoms with van der Waals surface area (Å²) in [6, 6.07) is 8.13. The number of alkyl halides is 9. The van der Waals surface area contributed by atoms with Gasteiger partial charge in [-0.3, -0.25) is 4.55 Å². The number of hydrogen-bond donors (Lipinski definition) is 2. The smallest absolute Gasteiger partial charge is 0.396 e. The van der Waals surface area contributed by atoms with Gasteiger partial charge >= 0.3 is 18.5 Å². The third-order valence-corrected chi connectivity index (χ3v) is 13.5. The molecule has 2 rings (SSSR count). The van der Waals surface area contributed by atoms with Gasteiger partial charge in [-0.15, -0.1) is 0 Å². The molecule has 0 radical (unpaired) electrons. The molecule has 1 atom stereocenters. The van der Waals surface area contributed by atoms with Crippen LogP contribution in [0, 0.1) is 5.92 Å². The van der Waals surface area contributed by atoms with Crippen LogP contribution in [0.4, 0.5) is 39.5 Å². The van der Waals surface area contributed by atoms with Crippen molar-refractivity contribution in [3.8, 4) is 0 Å². The Balaban J connectivity index is 0.000000580. The predicted octanol–water partition coefficient (Wildman–Crippen LogP) is 8.22. The molecule has 16 heteroatoms. The van der Waals surface area contributed by atoms with Gasteiger partial charge in [0.05, 0.1) is 6.54 Å². The first-order chi connectivity index (χ1) is 18.6. The van der Waals surface area contributed by atoms with Crippen LogP contribution in [0.5, 0.6) is 0 Å². The van der Waals surface area contributed by atoms with Crippen LogP contribution in [-0.2, 0) is 14.5 Å². The Hall–Kier alpha value is -1.36. The van der Waals surface area contributed by atoms with Gasteiger partial charge in [-0.2, -0.15) is 47.9 Å². The monoisotopic (exact) mass is 647 g/mol. The van der Waals surface area contributed by atoms with Crippen molar-refractivity contribution in [1.82, 2.24) is 5.32 Å². The van der Waals surface area contributed by atoms with Gasteiger partial charge in [-0.1, -0.05) is 51.1 Å². The van der Waals surface area contributed by atoms with E-state index in [-0.39, 0.29) is 31.0 Å². The summed E-state index contributed by atoms with van der Waals surface area (Å²) in [6.45, 7) is 4.72. The number of benzene rings is 1. The van der Waals surface area contributed by atoms with E-state index in [1.807, 2.05) is 0 Å². The Bertz CT molecular complexity index is 1000. The number of rotatable bonds is 10. The molecule has 0 aliphatic heterocycles. The molecule has 240 valence electrons. The van der Waals surface area contributed by atoms with E-state index in [0.29, 0.717) is 5.56 Å². The van der Waals surface area contributed by atoms with Crippen LogP contribution in [0.15, 0.2) is 30.3 Å². The first-order valence-electron chi connectivity index (χ1n) is 13.2. The van der Waals surface area contributed by atoms with Crippen LogP contribution < -0.4 is 5.32 Å². The zero-order valence-electron chi connectivity index (χ0n) is 23.3. The van der Waals surface area contributed by atoms with Crippen LogP contribution in [0.3, 0.4) is 0 Å². The van der Waals surface area contributed by atoms with E-state index in [9.17, 15) is 47.9 Å². The van der Waals surface area contributed by atoms with Crippen LogP contribution in [-0.4, -0.2) is 58.0 Å². The lowest BCUT2D eigenvalue weighted by Gasteiger charge is -2.49. The molecule has 1 aliphatic carbocycles. The summed E-state index contributed by atoms with van der Waals surface area (Å²) in [5, 5.41) is 1.32. The molecular formula is C25H38F9NO4SSi. The molecule has 41 heavy (non-hydrogen) atoms. The van der Waals surface area contributed by atoms with E-state index in [4.69, 9.17) is 8.98 Å². The van der Waals surface area contributed by atoms with Gasteiger partial charge in [-0.05, 0) is 56.3 Å². The van der Waals surface area contributed by atoms with Gasteiger partial charge in [0.1, 0.15) is 5.25 Å². The molecule has 0 saturated heterocycles. The Morgan fingerprint density at radius 2 is 1.32 bits per heavy atom. The standard InChI is InChI=1S/C17H28F9NOSi.C8H10O3S/c1-4-29(5-2,6-3)28-15(16(21,22)23,17(24,25)26)12-7-9-13(10-8-12)27-11-14(18,19)20;1-7(12(9,10)11)8-5-3-2-4-6-8/h12-13,27H,4-11H2,1-3H3;2-7H,1H3,(H,9,10,11). The van der Waals surface area contributed by atoms with Crippen molar-refractivity contribution >= 4 is 18.4 Å². The highest BCUT2D eigenvalue weighted by Gasteiger charge is 2.76. The molecule has 5 nitrogen and oxygen atoms in total. The fraction of sp³-hybridized carbons (Fsp3) is 0.760. The maximum absolute atomic E-state index is 14.0. The first-order valence-corrected chi connectivity index (χ1v) is 17.3. The van der Waals surface area contributed by atoms with E-state index in [1.54, 1.807) is 30.3 Å². The number of nitrogens with one attached hydrogen (secondary N) is 1. The average molecular weight is 648 g/mol. The zero-order chi connectivity index (χ0) is 31.9. The summed E-state index contributed by atoms with van der Waals surface area (Å²) in [5.74, 6) is -1.89. The second kappa shape index (κ2) is 14.4. The van der Waals surface area contributed by atoms with Gasteiger partial charge in [0.15, 0.2) is 8.32 Å². The first kappa shape index (κ1) is 37.7. The number of hydrogen-bond acceptors (Lipinski definition) is 4. The SMILES string of the molecule is CC(c1ccccc1)S(=O)(=O)O.CC[Si](CC)(CC)OC(C1CCC(NCC(F)(F)F)CC1)(C(F)(F)F)C(F)(F)F. The third-order valence-electron chi connectivity index (χ3n) is 7.76. The fourth-order valence-electron chi connectivity index (χ4n) is 4.99. The van der Waals surface area contributed by atoms with Crippen LogP contribution in [0.1, 0.15) is 64.2 Å². The summed E-state index contributed by atoms with van der Waals surface area (Å²) in [6.07, 6.45) is -17.3. The summed E-state index contributed by atoms with van der Waals surface area (Å²) >= 11 is 0. The summed E-state index contributed by atoms with van der Waals surface area (Å²) in [5.41, 5.74) is -3.69. The van der Waals surface area contributed by atoms with Crippen LogP contribution in [0.25, 0.3) is 0 Å². The minimum absolute atomic E-state index is 0.108. The molecule has 1 unspecified atom stereocenters. The average Bonchev–Trinajstić information content (AvgIpc) is 2.87.